The smallest absolute Gasteiger partial charge is 0.195 e. The lowest BCUT2D eigenvalue weighted by atomic mass is 10.1. The molecule has 0 amide bonds. The summed E-state index contributed by atoms with van der Waals surface area (Å²) in [5.74, 6) is 0. The van der Waals surface area contributed by atoms with E-state index in [2.05, 4.69) is 26.1 Å². The van der Waals surface area contributed by atoms with Crippen molar-refractivity contribution in [3.05, 3.63) is 34.6 Å². The minimum absolute atomic E-state index is 0.458. The molecule has 0 saturated heterocycles. The Hall–Kier alpha value is -0.850. The van der Waals surface area contributed by atoms with E-state index in [9.17, 15) is 5.11 Å². The highest BCUT2D eigenvalue weighted by molar-refractivity contribution is 9.10. The second kappa shape index (κ2) is 5.20. The lowest BCUT2D eigenvalue weighted by molar-refractivity contribution is 0.199. The van der Waals surface area contributed by atoms with E-state index in [-0.39, 0.29) is 0 Å². The summed E-state index contributed by atoms with van der Waals surface area (Å²) in [5, 5.41) is 18.2. The van der Waals surface area contributed by atoms with Crippen LogP contribution in [0.3, 0.4) is 0 Å². The van der Waals surface area contributed by atoms with Crippen LogP contribution in [0.5, 0.6) is 0 Å². The van der Waals surface area contributed by atoms with Gasteiger partial charge in [0.15, 0.2) is 5.16 Å². The van der Waals surface area contributed by atoms with Gasteiger partial charge in [-0.1, -0.05) is 6.07 Å². The fourth-order valence-electron chi connectivity index (χ4n) is 1.32. The zero-order chi connectivity index (χ0) is 12.4. The summed E-state index contributed by atoms with van der Waals surface area (Å²) in [4.78, 5) is 1.05. The fraction of sp³-hybridized carbons (Fsp3) is 0.273. The zero-order valence-corrected chi connectivity index (χ0v) is 11.9. The second-order valence-electron chi connectivity index (χ2n) is 3.69. The van der Waals surface area contributed by atoms with Crippen molar-refractivity contribution in [1.29, 1.82) is 0 Å². The van der Waals surface area contributed by atoms with Crippen LogP contribution < -0.4 is 0 Å². The Labute approximate surface area is 112 Å². The maximum Gasteiger partial charge on any atom is 0.195 e. The van der Waals surface area contributed by atoms with Crippen LogP contribution in [0.2, 0.25) is 0 Å². The van der Waals surface area contributed by atoms with Crippen LogP contribution in [0.4, 0.5) is 0 Å². The standard InChI is InChI=1S/C11H12BrN3OS/c1-7(16)8-3-4-10(9(12)5-8)17-11-14-13-6-15(11)2/h3-7,16H,1-2H3/t7-/m0/s1. The van der Waals surface area contributed by atoms with Gasteiger partial charge in [-0.2, -0.15) is 0 Å². The molecule has 1 heterocycles. The van der Waals surface area contributed by atoms with Crippen molar-refractivity contribution in [2.75, 3.05) is 0 Å². The second-order valence-corrected chi connectivity index (χ2v) is 5.56. The van der Waals surface area contributed by atoms with Crippen molar-refractivity contribution >= 4 is 27.7 Å². The molecule has 1 N–H and O–H groups in total. The first-order valence-corrected chi connectivity index (χ1v) is 6.68. The number of nitrogens with zero attached hydrogens (tertiary/aromatic N) is 3. The van der Waals surface area contributed by atoms with Gasteiger partial charge in [0.25, 0.3) is 0 Å². The summed E-state index contributed by atoms with van der Waals surface area (Å²) >= 11 is 5.03. The van der Waals surface area contributed by atoms with Crippen molar-refractivity contribution in [3.8, 4) is 0 Å². The highest BCUT2D eigenvalue weighted by Gasteiger charge is 2.09. The van der Waals surface area contributed by atoms with Crippen molar-refractivity contribution < 1.29 is 5.11 Å². The maximum atomic E-state index is 9.49. The molecule has 0 aliphatic rings. The number of hydrogen-bond donors (Lipinski definition) is 1. The fourth-order valence-corrected chi connectivity index (χ4v) is 2.73. The molecule has 1 aromatic heterocycles. The van der Waals surface area contributed by atoms with E-state index in [4.69, 9.17) is 0 Å². The van der Waals surface area contributed by atoms with Gasteiger partial charge in [-0.05, 0) is 52.3 Å². The van der Waals surface area contributed by atoms with Crippen LogP contribution in [0.15, 0.2) is 39.1 Å². The van der Waals surface area contributed by atoms with Crippen LogP contribution in [-0.4, -0.2) is 19.9 Å². The third-order valence-electron chi connectivity index (χ3n) is 2.31. The molecule has 90 valence electrons. The van der Waals surface area contributed by atoms with Crippen LogP contribution in [-0.2, 0) is 7.05 Å². The molecule has 0 saturated carbocycles. The molecule has 0 radical (unpaired) electrons. The molecule has 0 aliphatic heterocycles. The van der Waals surface area contributed by atoms with Gasteiger partial charge in [0.05, 0.1) is 6.10 Å². The van der Waals surface area contributed by atoms with Gasteiger partial charge in [-0.3, -0.25) is 0 Å². The lowest BCUT2D eigenvalue weighted by Gasteiger charge is -2.08. The number of aliphatic hydroxyl groups excluding tert-OH is 1. The monoisotopic (exact) mass is 313 g/mol. The van der Waals surface area contributed by atoms with E-state index in [1.807, 2.05) is 29.8 Å². The Morgan fingerprint density at radius 2 is 2.24 bits per heavy atom. The summed E-state index contributed by atoms with van der Waals surface area (Å²) in [7, 11) is 1.90. The van der Waals surface area contributed by atoms with E-state index in [0.717, 1.165) is 20.1 Å². The molecule has 0 aliphatic carbocycles. The summed E-state index contributed by atoms with van der Waals surface area (Å²) in [6.45, 7) is 1.75. The third-order valence-corrected chi connectivity index (χ3v) is 4.36. The quantitative estimate of drug-likeness (QED) is 0.946. The number of aliphatic hydroxyl groups is 1. The Morgan fingerprint density at radius 1 is 1.47 bits per heavy atom. The number of aromatic nitrogens is 3. The van der Waals surface area contributed by atoms with Crippen LogP contribution in [0, 0.1) is 0 Å². The van der Waals surface area contributed by atoms with Gasteiger partial charge in [-0.15, -0.1) is 10.2 Å². The highest BCUT2D eigenvalue weighted by atomic mass is 79.9. The van der Waals surface area contributed by atoms with E-state index in [0.29, 0.717) is 0 Å². The summed E-state index contributed by atoms with van der Waals surface area (Å²) in [6, 6.07) is 5.79. The Kier molecular flexibility index (Phi) is 3.86. The molecule has 2 aromatic rings. The molecule has 1 atom stereocenters. The lowest BCUT2D eigenvalue weighted by Crippen LogP contribution is -1.92. The van der Waals surface area contributed by atoms with Crippen molar-refractivity contribution in [3.63, 3.8) is 0 Å². The molecular formula is C11H12BrN3OS. The average molecular weight is 314 g/mol. The third kappa shape index (κ3) is 2.88. The Balaban J connectivity index is 2.26. The first-order valence-electron chi connectivity index (χ1n) is 5.07. The normalized spacial score (nSPS) is 12.7. The van der Waals surface area contributed by atoms with Crippen molar-refractivity contribution in [1.82, 2.24) is 14.8 Å². The first kappa shape index (κ1) is 12.6. The van der Waals surface area contributed by atoms with Crippen molar-refractivity contribution in [2.24, 2.45) is 7.05 Å². The van der Waals surface area contributed by atoms with Gasteiger partial charge in [0.2, 0.25) is 0 Å². The SMILES string of the molecule is C[C@H](O)c1ccc(Sc2nncn2C)c(Br)c1. The molecule has 2 rings (SSSR count). The van der Waals surface area contributed by atoms with Crippen LogP contribution in [0.1, 0.15) is 18.6 Å². The van der Waals surface area contributed by atoms with Gasteiger partial charge < -0.3 is 9.67 Å². The van der Waals surface area contributed by atoms with Crippen LogP contribution in [0.25, 0.3) is 0 Å². The Bertz CT molecular complexity index is 527. The molecule has 1 aromatic carbocycles. The number of hydrogen-bond acceptors (Lipinski definition) is 4. The minimum Gasteiger partial charge on any atom is -0.389 e. The number of benzene rings is 1. The molecule has 4 nitrogen and oxygen atoms in total. The van der Waals surface area contributed by atoms with Crippen molar-refractivity contribution in [2.45, 2.75) is 23.1 Å². The number of halogens is 1. The first-order chi connectivity index (χ1) is 8.08. The summed E-state index contributed by atoms with van der Waals surface area (Å²) in [6.07, 6.45) is 1.21. The predicted molar refractivity (Wildman–Crippen MR) is 69.9 cm³/mol. The predicted octanol–water partition coefficient (Wildman–Crippen LogP) is 2.78. The molecule has 0 spiro atoms. The summed E-state index contributed by atoms with van der Waals surface area (Å²) < 4.78 is 2.81. The molecule has 6 heteroatoms. The van der Waals surface area contributed by atoms with Gasteiger partial charge in [0.1, 0.15) is 6.33 Å². The van der Waals surface area contributed by atoms with Gasteiger partial charge in [0, 0.05) is 16.4 Å². The average Bonchev–Trinajstić information content (AvgIpc) is 2.67. The topological polar surface area (TPSA) is 50.9 Å². The molecule has 0 unspecified atom stereocenters. The minimum atomic E-state index is -0.458. The van der Waals surface area contributed by atoms with E-state index < -0.39 is 6.10 Å². The highest BCUT2D eigenvalue weighted by Crippen LogP contribution is 2.33. The van der Waals surface area contributed by atoms with Gasteiger partial charge in [-0.25, -0.2) is 0 Å². The summed E-state index contributed by atoms with van der Waals surface area (Å²) in [5.41, 5.74) is 0.888. The largest absolute Gasteiger partial charge is 0.389 e. The van der Waals surface area contributed by atoms with E-state index >= 15 is 0 Å². The molecule has 17 heavy (non-hydrogen) atoms. The zero-order valence-electron chi connectivity index (χ0n) is 9.46. The molecule has 0 bridgehead atoms. The maximum absolute atomic E-state index is 9.49. The van der Waals surface area contributed by atoms with Crippen LogP contribution >= 0.6 is 27.7 Å². The Morgan fingerprint density at radius 3 is 2.76 bits per heavy atom. The number of rotatable bonds is 3. The molecular weight excluding hydrogens is 302 g/mol. The van der Waals surface area contributed by atoms with E-state index in [1.165, 1.54) is 11.8 Å². The van der Waals surface area contributed by atoms with Gasteiger partial charge >= 0.3 is 0 Å². The van der Waals surface area contributed by atoms with E-state index in [1.54, 1.807) is 13.3 Å². The number of aryl methyl sites for hydroxylation is 1. The molecule has 0 fully saturated rings.